The summed E-state index contributed by atoms with van der Waals surface area (Å²) in [4.78, 5) is 29.1. The van der Waals surface area contributed by atoms with Gasteiger partial charge in [0.15, 0.2) is 5.56 Å². The third kappa shape index (κ3) is 1.95. The zero-order chi connectivity index (χ0) is 10.7. The van der Waals surface area contributed by atoms with E-state index in [-0.39, 0.29) is 5.56 Å². The molecule has 1 N–H and O–H groups in total. The fourth-order valence-corrected chi connectivity index (χ4v) is 1.60. The summed E-state index contributed by atoms with van der Waals surface area (Å²) in [5.74, 6) is -0.185. The lowest BCUT2D eigenvalue weighted by Gasteiger charge is -2.03. The number of hydrogen-bond donors (Lipinski definition) is 1. The second-order valence-corrected chi connectivity index (χ2v) is 3.32. The van der Waals surface area contributed by atoms with Crippen LogP contribution in [0.15, 0.2) is 9.82 Å². The molecule has 1 heterocycles. The van der Waals surface area contributed by atoms with Crippen LogP contribution in [0.1, 0.15) is 16.2 Å². The Kier molecular flexibility index (Phi) is 3.29. The summed E-state index contributed by atoms with van der Waals surface area (Å²) < 4.78 is 4.49. The van der Waals surface area contributed by atoms with Gasteiger partial charge in [0.25, 0.3) is 5.56 Å². The number of carbonyl (C=O) groups is 1. The standard InChI is InChI=1S/C8H10N2O3S/c1-4-9-6(11)5(8(12)13-2)7(10-4)14-3/h1-3H3,(H,9,10,11). The molecule has 0 saturated heterocycles. The Morgan fingerprint density at radius 3 is 2.71 bits per heavy atom. The first-order valence-electron chi connectivity index (χ1n) is 3.83. The average molecular weight is 214 g/mol. The Morgan fingerprint density at radius 2 is 2.21 bits per heavy atom. The topological polar surface area (TPSA) is 72.0 Å². The van der Waals surface area contributed by atoms with Gasteiger partial charge in [-0.05, 0) is 13.2 Å². The Morgan fingerprint density at radius 1 is 1.57 bits per heavy atom. The molecular weight excluding hydrogens is 204 g/mol. The van der Waals surface area contributed by atoms with Crippen molar-refractivity contribution in [2.45, 2.75) is 11.9 Å². The molecule has 0 amide bonds. The molecule has 76 valence electrons. The first kappa shape index (κ1) is 10.8. The number of nitrogens with one attached hydrogen (secondary N) is 1. The summed E-state index contributed by atoms with van der Waals surface area (Å²) in [6, 6.07) is 0. The van der Waals surface area contributed by atoms with Crippen LogP contribution in [0.25, 0.3) is 0 Å². The molecule has 0 spiro atoms. The molecular formula is C8H10N2O3S. The summed E-state index contributed by atoms with van der Waals surface area (Å²) in [5, 5.41) is 0.387. The molecule has 0 saturated carbocycles. The quantitative estimate of drug-likeness (QED) is 0.443. The van der Waals surface area contributed by atoms with Gasteiger partial charge in [-0.3, -0.25) is 4.79 Å². The molecule has 6 heteroatoms. The molecule has 0 atom stereocenters. The van der Waals surface area contributed by atoms with Gasteiger partial charge in [-0.25, -0.2) is 9.78 Å². The van der Waals surface area contributed by atoms with Crippen molar-refractivity contribution in [3.8, 4) is 0 Å². The molecule has 0 aliphatic carbocycles. The number of H-pyrrole nitrogens is 1. The summed E-state index contributed by atoms with van der Waals surface area (Å²) in [5.41, 5.74) is -0.501. The number of aromatic amines is 1. The lowest BCUT2D eigenvalue weighted by molar-refractivity contribution is 0.0593. The highest BCUT2D eigenvalue weighted by Gasteiger charge is 2.17. The number of ether oxygens (including phenoxy) is 1. The van der Waals surface area contributed by atoms with E-state index < -0.39 is 11.5 Å². The van der Waals surface area contributed by atoms with Crippen LogP contribution in [0.3, 0.4) is 0 Å². The molecule has 1 rings (SSSR count). The number of carbonyl (C=O) groups excluding carboxylic acids is 1. The van der Waals surface area contributed by atoms with Crippen LogP contribution in [0.5, 0.6) is 0 Å². The number of esters is 1. The van der Waals surface area contributed by atoms with E-state index in [0.29, 0.717) is 10.9 Å². The summed E-state index contributed by atoms with van der Waals surface area (Å²) in [6.45, 7) is 1.65. The fraction of sp³-hybridized carbons (Fsp3) is 0.375. The Bertz CT molecular complexity index is 414. The number of methoxy groups -OCH3 is 1. The molecule has 1 aromatic heterocycles. The van der Waals surface area contributed by atoms with Crippen molar-refractivity contribution in [1.82, 2.24) is 9.97 Å². The number of aryl methyl sites for hydroxylation is 1. The van der Waals surface area contributed by atoms with Gasteiger partial charge in [0.2, 0.25) is 0 Å². The molecule has 0 aliphatic heterocycles. The third-order valence-corrected chi connectivity index (χ3v) is 2.27. The lowest BCUT2D eigenvalue weighted by Crippen LogP contribution is -2.22. The van der Waals surface area contributed by atoms with Gasteiger partial charge in [-0.1, -0.05) is 0 Å². The number of rotatable bonds is 2. The smallest absolute Gasteiger partial charge is 0.346 e. The van der Waals surface area contributed by atoms with E-state index in [2.05, 4.69) is 14.7 Å². The van der Waals surface area contributed by atoms with Crippen molar-refractivity contribution in [3.63, 3.8) is 0 Å². The molecule has 5 nitrogen and oxygen atoms in total. The minimum absolute atomic E-state index is 0.0365. The summed E-state index contributed by atoms with van der Waals surface area (Å²) in [6.07, 6.45) is 1.74. The summed E-state index contributed by atoms with van der Waals surface area (Å²) in [7, 11) is 1.23. The number of aromatic nitrogens is 2. The van der Waals surface area contributed by atoms with Crippen LogP contribution >= 0.6 is 11.8 Å². The largest absolute Gasteiger partial charge is 0.465 e. The molecule has 0 radical (unpaired) electrons. The van der Waals surface area contributed by atoms with Crippen molar-refractivity contribution in [3.05, 3.63) is 21.7 Å². The number of thioether (sulfide) groups is 1. The average Bonchev–Trinajstić information content (AvgIpc) is 2.15. The predicted molar refractivity (Wildman–Crippen MR) is 52.7 cm³/mol. The molecule has 1 aromatic rings. The van der Waals surface area contributed by atoms with Crippen LogP contribution in [0.2, 0.25) is 0 Å². The van der Waals surface area contributed by atoms with Crippen molar-refractivity contribution >= 4 is 17.7 Å². The maximum absolute atomic E-state index is 11.4. The zero-order valence-electron chi connectivity index (χ0n) is 8.08. The molecule has 0 unspecified atom stereocenters. The van der Waals surface area contributed by atoms with Gasteiger partial charge >= 0.3 is 5.97 Å². The number of hydrogen-bond acceptors (Lipinski definition) is 5. The maximum Gasteiger partial charge on any atom is 0.346 e. The molecule has 0 bridgehead atoms. The van der Waals surface area contributed by atoms with Gasteiger partial charge in [0, 0.05) is 0 Å². The van der Waals surface area contributed by atoms with E-state index >= 15 is 0 Å². The van der Waals surface area contributed by atoms with E-state index in [1.165, 1.54) is 18.9 Å². The van der Waals surface area contributed by atoms with Crippen LogP contribution in [-0.2, 0) is 4.74 Å². The molecule has 0 aliphatic rings. The summed E-state index contributed by atoms with van der Waals surface area (Å²) >= 11 is 1.24. The fourth-order valence-electron chi connectivity index (χ4n) is 0.990. The minimum Gasteiger partial charge on any atom is -0.465 e. The Balaban J connectivity index is 3.40. The van der Waals surface area contributed by atoms with Crippen LogP contribution in [-0.4, -0.2) is 29.3 Å². The SMILES string of the molecule is COC(=O)c1c(SC)nc(C)[nH]c1=O. The zero-order valence-corrected chi connectivity index (χ0v) is 8.90. The van der Waals surface area contributed by atoms with Crippen molar-refractivity contribution in [2.24, 2.45) is 0 Å². The van der Waals surface area contributed by atoms with Crippen molar-refractivity contribution < 1.29 is 9.53 Å². The van der Waals surface area contributed by atoms with Crippen LogP contribution < -0.4 is 5.56 Å². The first-order chi connectivity index (χ1) is 6.60. The Labute approximate surface area is 84.9 Å². The highest BCUT2D eigenvalue weighted by atomic mass is 32.2. The predicted octanol–water partition coefficient (Wildman–Crippen LogP) is 0.587. The van der Waals surface area contributed by atoms with Crippen LogP contribution in [0, 0.1) is 6.92 Å². The second kappa shape index (κ2) is 4.28. The van der Waals surface area contributed by atoms with Gasteiger partial charge in [0.1, 0.15) is 10.9 Å². The molecule has 0 fully saturated rings. The van der Waals surface area contributed by atoms with Gasteiger partial charge < -0.3 is 9.72 Å². The lowest BCUT2D eigenvalue weighted by atomic mass is 10.3. The van der Waals surface area contributed by atoms with Gasteiger partial charge in [-0.15, -0.1) is 11.8 Å². The van der Waals surface area contributed by atoms with E-state index in [1.54, 1.807) is 13.2 Å². The normalized spacial score (nSPS) is 9.93. The number of nitrogens with zero attached hydrogens (tertiary/aromatic N) is 1. The van der Waals surface area contributed by atoms with E-state index in [1.807, 2.05) is 0 Å². The molecule has 0 aromatic carbocycles. The highest BCUT2D eigenvalue weighted by molar-refractivity contribution is 7.98. The van der Waals surface area contributed by atoms with Gasteiger partial charge in [0.05, 0.1) is 7.11 Å². The maximum atomic E-state index is 11.4. The second-order valence-electron chi connectivity index (χ2n) is 2.53. The Hall–Kier alpha value is -1.30. The van der Waals surface area contributed by atoms with E-state index in [9.17, 15) is 9.59 Å². The molecule has 14 heavy (non-hydrogen) atoms. The monoisotopic (exact) mass is 214 g/mol. The minimum atomic E-state index is -0.664. The van der Waals surface area contributed by atoms with Crippen LogP contribution in [0.4, 0.5) is 0 Å². The van der Waals surface area contributed by atoms with Crippen molar-refractivity contribution in [1.29, 1.82) is 0 Å². The third-order valence-electron chi connectivity index (χ3n) is 1.59. The first-order valence-corrected chi connectivity index (χ1v) is 5.05. The van der Waals surface area contributed by atoms with E-state index in [0.717, 1.165) is 0 Å². The highest BCUT2D eigenvalue weighted by Crippen LogP contribution is 2.14. The van der Waals surface area contributed by atoms with Crippen molar-refractivity contribution in [2.75, 3.05) is 13.4 Å². The van der Waals surface area contributed by atoms with Gasteiger partial charge in [-0.2, -0.15) is 0 Å². The van der Waals surface area contributed by atoms with E-state index in [4.69, 9.17) is 0 Å².